The summed E-state index contributed by atoms with van der Waals surface area (Å²) >= 11 is 0. The molecule has 1 heterocycles. The highest BCUT2D eigenvalue weighted by Gasteiger charge is 2.08. The molecule has 6 heteroatoms. The monoisotopic (exact) mass is 276 g/mol. The largest absolute Gasteiger partial charge is 0.397 e. The molecule has 1 aromatic carbocycles. The van der Waals surface area contributed by atoms with Gasteiger partial charge in [0.15, 0.2) is 0 Å². The van der Waals surface area contributed by atoms with Crippen molar-refractivity contribution in [3.63, 3.8) is 0 Å². The van der Waals surface area contributed by atoms with Crippen LogP contribution >= 0.6 is 0 Å². The third-order valence-electron chi connectivity index (χ3n) is 3.21. The maximum absolute atomic E-state index is 12.9. The van der Waals surface area contributed by atoms with Crippen molar-refractivity contribution < 1.29 is 9.18 Å². The highest BCUT2D eigenvalue weighted by Crippen LogP contribution is 2.19. The first-order valence-corrected chi connectivity index (χ1v) is 6.30. The summed E-state index contributed by atoms with van der Waals surface area (Å²) in [6.45, 7) is 4.42. The van der Waals surface area contributed by atoms with E-state index in [-0.39, 0.29) is 11.6 Å². The van der Waals surface area contributed by atoms with E-state index in [4.69, 9.17) is 5.73 Å². The molecular formula is C14H17FN4O. The van der Waals surface area contributed by atoms with Crippen molar-refractivity contribution in [3.8, 4) is 0 Å². The van der Waals surface area contributed by atoms with Crippen LogP contribution in [0.1, 0.15) is 17.8 Å². The lowest BCUT2D eigenvalue weighted by molar-refractivity contribution is -0.116. The molecule has 0 radical (unpaired) electrons. The highest BCUT2D eigenvalue weighted by atomic mass is 19.1. The Balaban J connectivity index is 1.94. The van der Waals surface area contributed by atoms with Crippen LogP contribution in [0.5, 0.6) is 0 Å². The number of rotatable bonds is 4. The van der Waals surface area contributed by atoms with Gasteiger partial charge < -0.3 is 15.6 Å². The molecule has 0 bridgehead atoms. The van der Waals surface area contributed by atoms with Crippen LogP contribution in [0.3, 0.4) is 0 Å². The molecule has 0 saturated heterocycles. The van der Waals surface area contributed by atoms with Gasteiger partial charge in [0, 0.05) is 18.7 Å². The molecule has 1 aromatic heterocycles. The van der Waals surface area contributed by atoms with Gasteiger partial charge in [-0.05, 0) is 32.0 Å². The average Bonchev–Trinajstić information content (AvgIpc) is 2.71. The lowest BCUT2D eigenvalue weighted by atomic mass is 10.2. The Morgan fingerprint density at radius 2 is 2.20 bits per heavy atom. The fourth-order valence-corrected chi connectivity index (χ4v) is 1.85. The lowest BCUT2D eigenvalue weighted by Gasteiger charge is -2.09. The van der Waals surface area contributed by atoms with E-state index in [0.29, 0.717) is 18.7 Å². The Hall–Kier alpha value is -2.37. The minimum Gasteiger partial charge on any atom is -0.397 e. The van der Waals surface area contributed by atoms with Crippen LogP contribution < -0.4 is 11.1 Å². The number of carbonyl (C=O) groups excluding carboxylic acids is 1. The van der Waals surface area contributed by atoms with Crippen molar-refractivity contribution in [3.05, 3.63) is 41.7 Å². The molecule has 0 aliphatic rings. The SMILES string of the molecule is Cc1ncn(CCC(=O)Nc2ccc(F)cc2N)c1C. The van der Waals surface area contributed by atoms with Crippen molar-refractivity contribution in [2.45, 2.75) is 26.8 Å². The summed E-state index contributed by atoms with van der Waals surface area (Å²) in [5.41, 5.74) is 8.27. The maximum atomic E-state index is 12.9. The summed E-state index contributed by atoms with van der Waals surface area (Å²) in [6, 6.07) is 3.89. The molecule has 1 amide bonds. The summed E-state index contributed by atoms with van der Waals surface area (Å²) < 4.78 is 14.8. The summed E-state index contributed by atoms with van der Waals surface area (Å²) in [5.74, 6) is -0.598. The molecule has 0 spiro atoms. The van der Waals surface area contributed by atoms with Gasteiger partial charge in [-0.25, -0.2) is 9.37 Å². The number of anilines is 2. The third-order valence-corrected chi connectivity index (χ3v) is 3.21. The Labute approximate surface area is 116 Å². The van der Waals surface area contributed by atoms with Gasteiger partial charge in [0.05, 0.1) is 23.4 Å². The predicted octanol–water partition coefficient (Wildman–Crippen LogP) is 2.25. The van der Waals surface area contributed by atoms with E-state index in [1.807, 2.05) is 18.4 Å². The van der Waals surface area contributed by atoms with E-state index in [1.165, 1.54) is 18.2 Å². The minimum absolute atomic E-state index is 0.172. The first-order valence-electron chi connectivity index (χ1n) is 6.30. The molecule has 0 fully saturated rings. The zero-order valence-electron chi connectivity index (χ0n) is 11.5. The second kappa shape index (κ2) is 5.73. The minimum atomic E-state index is -0.426. The zero-order chi connectivity index (χ0) is 14.7. The molecule has 2 rings (SSSR count). The van der Waals surface area contributed by atoms with Gasteiger partial charge in [0.2, 0.25) is 5.91 Å². The summed E-state index contributed by atoms with van der Waals surface area (Å²) in [7, 11) is 0. The van der Waals surface area contributed by atoms with E-state index in [1.54, 1.807) is 6.33 Å². The maximum Gasteiger partial charge on any atom is 0.226 e. The standard InChI is InChI=1S/C14H17FN4O/c1-9-10(2)19(8-17-9)6-5-14(20)18-13-4-3-11(15)7-12(13)16/h3-4,7-8H,5-6,16H2,1-2H3,(H,18,20). The number of benzene rings is 1. The van der Waals surface area contributed by atoms with Crippen molar-refractivity contribution in [2.24, 2.45) is 0 Å². The fraction of sp³-hybridized carbons (Fsp3) is 0.286. The number of carbonyl (C=O) groups is 1. The van der Waals surface area contributed by atoms with Gasteiger partial charge in [-0.1, -0.05) is 0 Å². The molecular weight excluding hydrogens is 259 g/mol. The molecule has 5 nitrogen and oxygen atoms in total. The zero-order valence-corrected chi connectivity index (χ0v) is 11.5. The van der Waals surface area contributed by atoms with Crippen LogP contribution in [-0.4, -0.2) is 15.5 Å². The first-order chi connectivity index (χ1) is 9.47. The van der Waals surface area contributed by atoms with Gasteiger partial charge in [-0.3, -0.25) is 4.79 Å². The Morgan fingerprint density at radius 3 is 2.80 bits per heavy atom. The number of hydrogen-bond donors (Lipinski definition) is 2. The number of nitrogens with one attached hydrogen (secondary N) is 1. The van der Waals surface area contributed by atoms with E-state index in [9.17, 15) is 9.18 Å². The van der Waals surface area contributed by atoms with Crippen molar-refractivity contribution in [1.29, 1.82) is 0 Å². The molecule has 0 unspecified atom stereocenters. The lowest BCUT2D eigenvalue weighted by Crippen LogP contribution is -2.15. The topological polar surface area (TPSA) is 72.9 Å². The Bertz CT molecular complexity index is 636. The third kappa shape index (κ3) is 3.14. The smallest absolute Gasteiger partial charge is 0.226 e. The number of aryl methyl sites for hydroxylation is 2. The van der Waals surface area contributed by atoms with Gasteiger partial charge in [0.25, 0.3) is 0 Å². The van der Waals surface area contributed by atoms with Gasteiger partial charge in [-0.15, -0.1) is 0 Å². The van der Waals surface area contributed by atoms with Crippen molar-refractivity contribution >= 4 is 17.3 Å². The van der Waals surface area contributed by atoms with E-state index in [0.717, 1.165) is 11.4 Å². The molecule has 106 valence electrons. The Kier molecular flexibility index (Phi) is 4.02. The first kappa shape index (κ1) is 14.0. The molecule has 0 aliphatic carbocycles. The van der Waals surface area contributed by atoms with Crippen molar-refractivity contribution in [1.82, 2.24) is 9.55 Å². The summed E-state index contributed by atoms with van der Waals surface area (Å²) in [4.78, 5) is 16.0. The molecule has 20 heavy (non-hydrogen) atoms. The van der Waals surface area contributed by atoms with E-state index >= 15 is 0 Å². The molecule has 0 atom stereocenters. The number of halogens is 1. The number of hydrogen-bond acceptors (Lipinski definition) is 3. The molecule has 0 aliphatic heterocycles. The number of imidazole rings is 1. The molecule has 3 N–H and O–H groups in total. The number of amides is 1. The number of nitrogens with two attached hydrogens (primary N) is 1. The molecule has 2 aromatic rings. The van der Waals surface area contributed by atoms with Crippen LogP contribution in [0, 0.1) is 19.7 Å². The highest BCUT2D eigenvalue weighted by molar-refractivity contribution is 5.93. The normalized spacial score (nSPS) is 10.6. The van der Waals surface area contributed by atoms with Crippen LogP contribution in [0.15, 0.2) is 24.5 Å². The van der Waals surface area contributed by atoms with Crippen LogP contribution in [-0.2, 0) is 11.3 Å². The second-order valence-corrected chi connectivity index (χ2v) is 4.64. The predicted molar refractivity (Wildman–Crippen MR) is 75.8 cm³/mol. The Morgan fingerprint density at radius 1 is 1.45 bits per heavy atom. The molecule has 0 saturated carbocycles. The van der Waals surface area contributed by atoms with Crippen LogP contribution in [0.4, 0.5) is 15.8 Å². The van der Waals surface area contributed by atoms with E-state index < -0.39 is 5.82 Å². The fourth-order valence-electron chi connectivity index (χ4n) is 1.85. The van der Waals surface area contributed by atoms with E-state index in [2.05, 4.69) is 10.3 Å². The quantitative estimate of drug-likeness (QED) is 0.841. The number of aromatic nitrogens is 2. The summed E-state index contributed by atoms with van der Waals surface area (Å²) in [6.07, 6.45) is 2.01. The summed E-state index contributed by atoms with van der Waals surface area (Å²) in [5, 5.41) is 2.67. The van der Waals surface area contributed by atoms with Crippen LogP contribution in [0.25, 0.3) is 0 Å². The van der Waals surface area contributed by atoms with Gasteiger partial charge in [-0.2, -0.15) is 0 Å². The second-order valence-electron chi connectivity index (χ2n) is 4.64. The van der Waals surface area contributed by atoms with Crippen LogP contribution in [0.2, 0.25) is 0 Å². The number of nitrogens with zero attached hydrogens (tertiary/aromatic N) is 2. The average molecular weight is 276 g/mol. The van der Waals surface area contributed by atoms with Gasteiger partial charge in [0.1, 0.15) is 5.82 Å². The van der Waals surface area contributed by atoms with Crippen molar-refractivity contribution in [2.75, 3.05) is 11.1 Å². The number of nitrogen functional groups attached to an aromatic ring is 1. The van der Waals surface area contributed by atoms with Gasteiger partial charge >= 0.3 is 0 Å².